The molecule has 1 aromatic carbocycles. The van der Waals surface area contributed by atoms with Crippen LogP contribution in [0.1, 0.15) is 25.7 Å². The van der Waals surface area contributed by atoms with Crippen LogP contribution < -0.4 is 10.6 Å². The van der Waals surface area contributed by atoms with E-state index in [-0.39, 0.29) is 0 Å². The Morgan fingerprint density at radius 3 is 2.43 bits per heavy atom. The number of hydrogen-bond donors (Lipinski definition) is 1. The third-order valence-electron chi connectivity index (χ3n) is 4.50. The van der Waals surface area contributed by atoms with E-state index < -0.39 is 0 Å². The first-order valence-electron chi connectivity index (χ1n) is 7.79. The van der Waals surface area contributed by atoms with E-state index in [1.165, 1.54) is 36.8 Å². The summed E-state index contributed by atoms with van der Waals surface area (Å²) >= 11 is 3.58. The van der Waals surface area contributed by atoms with E-state index in [1.807, 2.05) is 12.3 Å². The van der Waals surface area contributed by atoms with Gasteiger partial charge in [-0.25, -0.2) is 0 Å². The summed E-state index contributed by atoms with van der Waals surface area (Å²) in [6, 6.07) is 6.26. The Hall–Kier alpha value is -1.29. The zero-order valence-corrected chi connectivity index (χ0v) is 13.6. The van der Waals surface area contributed by atoms with Crippen molar-refractivity contribution < 1.29 is 0 Å². The second-order valence-corrected chi connectivity index (χ2v) is 7.43. The van der Waals surface area contributed by atoms with Gasteiger partial charge in [-0.05, 0) is 55.7 Å². The molecule has 0 radical (unpaired) electrons. The highest BCUT2D eigenvalue weighted by Gasteiger charge is 2.30. The van der Waals surface area contributed by atoms with E-state index >= 15 is 0 Å². The fourth-order valence-electron chi connectivity index (χ4n) is 3.00. The first-order chi connectivity index (χ1) is 10.2. The molecule has 1 aromatic heterocycles. The summed E-state index contributed by atoms with van der Waals surface area (Å²) < 4.78 is 1.08. The molecule has 0 saturated heterocycles. The van der Waals surface area contributed by atoms with Gasteiger partial charge in [0, 0.05) is 22.9 Å². The highest BCUT2D eigenvalue weighted by molar-refractivity contribution is 9.10. The fourth-order valence-corrected chi connectivity index (χ4v) is 3.36. The standard InChI is InChI=1S/C17H20BrN3/c18-13-5-6-16-14(7-13)17(15(19)8-20-16)21(9-11-1-2-11)10-12-3-4-12/h5-8,11-12H,1-4,9-10,19H2. The number of nitrogens with two attached hydrogens (primary N) is 1. The molecule has 0 aliphatic heterocycles. The molecule has 4 rings (SSSR count). The average molecular weight is 346 g/mol. The highest BCUT2D eigenvalue weighted by atomic mass is 79.9. The summed E-state index contributed by atoms with van der Waals surface area (Å²) in [6.45, 7) is 2.29. The molecule has 2 fully saturated rings. The Morgan fingerprint density at radius 1 is 1.14 bits per heavy atom. The lowest BCUT2D eigenvalue weighted by molar-refractivity contribution is 0.682. The number of hydrogen-bond acceptors (Lipinski definition) is 3. The van der Waals surface area contributed by atoms with Crippen LogP contribution in [0.25, 0.3) is 10.9 Å². The summed E-state index contributed by atoms with van der Waals surface area (Å²) in [4.78, 5) is 7.01. The average Bonchev–Trinajstić information content (AvgIpc) is 3.34. The van der Waals surface area contributed by atoms with Crippen LogP contribution in [0.3, 0.4) is 0 Å². The minimum atomic E-state index is 0.807. The Bertz CT molecular complexity index is 658. The van der Waals surface area contributed by atoms with Crippen molar-refractivity contribution in [1.29, 1.82) is 0 Å². The number of pyridine rings is 1. The van der Waals surface area contributed by atoms with Crippen LogP contribution >= 0.6 is 15.9 Å². The van der Waals surface area contributed by atoms with Crippen molar-refractivity contribution in [2.75, 3.05) is 23.7 Å². The number of nitrogens with zero attached hydrogens (tertiary/aromatic N) is 2. The van der Waals surface area contributed by atoms with Gasteiger partial charge in [0.05, 0.1) is 23.1 Å². The fraction of sp³-hybridized carbons (Fsp3) is 0.471. The topological polar surface area (TPSA) is 42.1 Å². The second-order valence-electron chi connectivity index (χ2n) is 6.52. The van der Waals surface area contributed by atoms with Crippen LogP contribution in [-0.4, -0.2) is 18.1 Å². The van der Waals surface area contributed by atoms with Crippen molar-refractivity contribution in [2.24, 2.45) is 11.8 Å². The molecule has 2 aromatic rings. The van der Waals surface area contributed by atoms with Crippen LogP contribution in [0.5, 0.6) is 0 Å². The molecule has 2 aliphatic carbocycles. The van der Waals surface area contributed by atoms with Crippen molar-refractivity contribution >= 4 is 38.2 Å². The van der Waals surface area contributed by atoms with E-state index in [0.29, 0.717) is 0 Å². The number of fused-ring (bicyclic) bond motifs is 1. The predicted molar refractivity (Wildman–Crippen MR) is 91.5 cm³/mol. The summed E-state index contributed by atoms with van der Waals surface area (Å²) in [5.74, 6) is 1.72. The lowest BCUT2D eigenvalue weighted by Gasteiger charge is -2.27. The van der Waals surface area contributed by atoms with Gasteiger partial charge in [-0.2, -0.15) is 0 Å². The normalized spacial score (nSPS) is 18.1. The second kappa shape index (κ2) is 5.16. The number of rotatable bonds is 5. The number of anilines is 2. The zero-order chi connectivity index (χ0) is 14.4. The summed E-state index contributed by atoms with van der Waals surface area (Å²) in [7, 11) is 0. The van der Waals surface area contributed by atoms with Crippen LogP contribution in [0, 0.1) is 11.8 Å². The van der Waals surface area contributed by atoms with Crippen molar-refractivity contribution in [3.63, 3.8) is 0 Å². The monoisotopic (exact) mass is 345 g/mol. The third kappa shape index (κ3) is 2.86. The van der Waals surface area contributed by atoms with Gasteiger partial charge in [-0.15, -0.1) is 0 Å². The molecule has 0 atom stereocenters. The molecule has 0 unspecified atom stereocenters. The van der Waals surface area contributed by atoms with E-state index in [1.54, 1.807) is 0 Å². The molecule has 2 saturated carbocycles. The van der Waals surface area contributed by atoms with Gasteiger partial charge in [-0.1, -0.05) is 15.9 Å². The summed E-state index contributed by atoms with van der Waals surface area (Å²) in [5, 5.41) is 1.17. The first kappa shape index (κ1) is 13.4. The molecule has 3 nitrogen and oxygen atoms in total. The van der Waals surface area contributed by atoms with Crippen LogP contribution in [-0.2, 0) is 0 Å². The molecule has 0 spiro atoms. The minimum absolute atomic E-state index is 0.807. The van der Waals surface area contributed by atoms with Crippen LogP contribution in [0.4, 0.5) is 11.4 Å². The maximum Gasteiger partial charge on any atom is 0.0745 e. The Balaban J connectivity index is 1.80. The maximum atomic E-state index is 6.31. The number of benzene rings is 1. The number of nitrogen functional groups attached to an aromatic ring is 1. The molecule has 110 valence electrons. The highest BCUT2D eigenvalue weighted by Crippen LogP contribution is 2.40. The van der Waals surface area contributed by atoms with E-state index in [9.17, 15) is 0 Å². The molecule has 1 heterocycles. The molecule has 0 amide bonds. The lowest BCUT2D eigenvalue weighted by Crippen LogP contribution is -2.29. The maximum absolute atomic E-state index is 6.31. The molecular weight excluding hydrogens is 326 g/mol. The van der Waals surface area contributed by atoms with Gasteiger partial charge in [0.1, 0.15) is 0 Å². The van der Waals surface area contributed by atoms with Crippen molar-refractivity contribution in [1.82, 2.24) is 4.98 Å². The lowest BCUT2D eigenvalue weighted by atomic mass is 10.1. The number of aromatic nitrogens is 1. The van der Waals surface area contributed by atoms with Gasteiger partial charge < -0.3 is 10.6 Å². The first-order valence-corrected chi connectivity index (χ1v) is 8.58. The van der Waals surface area contributed by atoms with Gasteiger partial charge in [0.25, 0.3) is 0 Å². The van der Waals surface area contributed by atoms with Gasteiger partial charge in [0.2, 0.25) is 0 Å². The quantitative estimate of drug-likeness (QED) is 0.882. The SMILES string of the molecule is Nc1cnc2ccc(Br)cc2c1N(CC1CC1)CC1CC1. The Morgan fingerprint density at radius 2 is 1.81 bits per heavy atom. The number of halogens is 1. The van der Waals surface area contributed by atoms with Crippen molar-refractivity contribution in [2.45, 2.75) is 25.7 Å². The van der Waals surface area contributed by atoms with E-state index in [2.05, 4.69) is 37.9 Å². The zero-order valence-electron chi connectivity index (χ0n) is 12.1. The molecular formula is C17H20BrN3. The third-order valence-corrected chi connectivity index (χ3v) is 4.99. The summed E-state index contributed by atoms with van der Waals surface area (Å²) in [5.41, 5.74) is 9.34. The smallest absolute Gasteiger partial charge is 0.0745 e. The van der Waals surface area contributed by atoms with Gasteiger partial charge >= 0.3 is 0 Å². The molecule has 0 bridgehead atoms. The largest absolute Gasteiger partial charge is 0.396 e. The van der Waals surface area contributed by atoms with Crippen molar-refractivity contribution in [3.05, 3.63) is 28.9 Å². The molecule has 2 aliphatic rings. The Labute approximate surface area is 133 Å². The van der Waals surface area contributed by atoms with Crippen LogP contribution in [0.2, 0.25) is 0 Å². The van der Waals surface area contributed by atoms with Gasteiger partial charge in [0.15, 0.2) is 0 Å². The van der Waals surface area contributed by atoms with E-state index in [0.717, 1.165) is 40.6 Å². The predicted octanol–water partition coefficient (Wildman–Crippen LogP) is 4.21. The van der Waals surface area contributed by atoms with Crippen molar-refractivity contribution in [3.8, 4) is 0 Å². The molecule has 2 N–H and O–H groups in total. The Kier molecular flexibility index (Phi) is 3.29. The van der Waals surface area contributed by atoms with Gasteiger partial charge in [-0.3, -0.25) is 4.98 Å². The van der Waals surface area contributed by atoms with E-state index in [4.69, 9.17) is 5.73 Å². The minimum Gasteiger partial charge on any atom is -0.396 e. The molecule has 21 heavy (non-hydrogen) atoms. The van der Waals surface area contributed by atoms with Crippen LogP contribution in [0.15, 0.2) is 28.9 Å². The summed E-state index contributed by atoms with van der Waals surface area (Å²) in [6.07, 6.45) is 7.29. The molecule has 4 heteroatoms.